The lowest BCUT2D eigenvalue weighted by molar-refractivity contribution is 0.102. The smallest absolute Gasteiger partial charge is 0.255 e. The minimum Gasteiger partial charge on any atom is -0.399 e. The van der Waals surface area contributed by atoms with E-state index < -0.39 is 0 Å². The first-order valence-corrected chi connectivity index (χ1v) is 5.37. The summed E-state index contributed by atoms with van der Waals surface area (Å²) in [6.45, 7) is 0. The zero-order chi connectivity index (χ0) is 13.0. The lowest BCUT2D eigenvalue weighted by Gasteiger charge is -2.09. The largest absolute Gasteiger partial charge is 0.399 e. The second kappa shape index (κ2) is 5.20. The molecule has 5 N–H and O–H groups in total. The summed E-state index contributed by atoms with van der Waals surface area (Å²) in [6, 6.07) is 13.5. The second-order valence-corrected chi connectivity index (χ2v) is 3.74. The van der Waals surface area contributed by atoms with E-state index in [0.717, 1.165) is 0 Å². The van der Waals surface area contributed by atoms with Crippen molar-refractivity contribution in [2.24, 2.45) is 0 Å². The van der Waals surface area contributed by atoms with Gasteiger partial charge in [-0.05, 0) is 30.3 Å². The number of nitrogens with one attached hydrogen (secondary N) is 2. The topological polar surface area (TPSA) is 87.4 Å². The van der Waals surface area contributed by atoms with E-state index in [4.69, 9.17) is 10.9 Å². The Morgan fingerprint density at radius 2 is 1.78 bits per heavy atom. The predicted octanol–water partition coefficient (Wildman–Crippen LogP) is 2.32. The Hall–Kier alpha value is -2.53. The number of carbonyl (C=O) groups is 1. The second-order valence-electron chi connectivity index (χ2n) is 3.74. The Kier molecular flexibility index (Phi) is 3.45. The molecule has 0 bridgehead atoms. The first-order valence-electron chi connectivity index (χ1n) is 5.37. The van der Waals surface area contributed by atoms with Gasteiger partial charge in [0.05, 0.1) is 11.4 Å². The summed E-state index contributed by atoms with van der Waals surface area (Å²) in [5.41, 5.74) is 9.54. The number of hydrogen-bond donors (Lipinski definition) is 4. The van der Waals surface area contributed by atoms with Crippen LogP contribution < -0.4 is 16.5 Å². The van der Waals surface area contributed by atoms with Gasteiger partial charge in [-0.3, -0.25) is 15.5 Å². The molecule has 0 saturated carbocycles. The van der Waals surface area contributed by atoms with Gasteiger partial charge in [-0.15, -0.1) is 0 Å². The fourth-order valence-electron chi connectivity index (χ4n) is 1.56. The Bertz CT molecular complexity index is 570. The first-order chi connectivity index (χ1) is 8.70. The van der Waals surface area contributed by atoms with Gasteiger partial charge >= 0.3 is 0 Å². The molecule has 18 heavy (non-hydrogen) atoms. The molecule has 0 radical (unpaired) electrons. The Balaban J connectivity index is 2.21. The fraction of sp³-hybridized carbons (Fsp3) is 0. The molecule has 2 aromatic rings. The van der Waals surface area contributed by atoms with Gasteiger partial charge in [0.25, 0.3) is 5.91 Å². The van der Waals surface area contributed by atoms with Gasteiger partial charge in [-0.1, -0.05) is 18.2 Å². The van der Waals surface area contributed by atoms with Crippen molar-refractivity contribution in [2.75, 3.05) is 16.5 Å². The molecule has 0 aromatic heterocycles. The molecule has 0 heterocycles. The van der Waals surface area contributed by atoms with Crippen molar-refractivity contribution >= 4 is 23.0 Å². The van der Waals surface area contributed by atoms with Crippen LogP contribution in [0.15, 0.2) is 48.5 Å². The molecule has 0 aliphatic carbocycles. The first kappa shape index (κ1) is 11.9. The number of anilines is 3. The molecule has 2 aromatic carbocycles. The monoisotopic (exact) mass is 243 g/mol. The highest BCUT2D eigenvalue weighted by Crippen LogP contribution is 2.21. The third-order valence-electron chi connectivity index (χ3n) is 2.44. The lowest BCUT2D eigenvalue weighted by Crippen LogP contribution is -2.13. The normalized spacial score (nSPS) is 9.83. The highest BCUT2D eigenvalue weighted by Gasteiger charge is 2.08. The van der Waals surface area contributed by atoms with Crippen LogP contribution in [0.1, 0.15) is 10.4 Å². The van der Waals surface area contributed by atoms with Crippen LogP contribution >= 0.6 is 0 Å². The minimum absolute atomic E-state index is 0.287. The van der Waals surface area contributed by atoms with E-state index in [2.05, 4.69) is 5.32 Å². The average Bonchev–Trinajstić information content (AvgIpc) is 2.39. The molecule has 2 rings (SSSR count). The van der Waals surface area contributed by atoms with Crippen LogP contribution in [0, 0.1) is 0 Å². The maximum atomic E-state index is 12.0. The van der Waals surface area contributed by atoms with E-state index in [1.165, 1.54) is 0 Å². The Morgan fingerprint density at radius 1 is 1.06 bits per heavy atom. The van der Waals surface area contributed by atoms with Gasteiger partial charge in [0.1, 0.15) is 0 Å². The van der Waals surface area contributed by atoms with E-state index in [1.54, 1.807) is 48.5 Å². The zero-order valence-corrected chi connectivity index (χ0v) is 9.55. The van der Waals surface area contributed by atoms with Crippen molar-refractivity contribution in [1.82, 2.24) is 0 Å². The fourth-order valence-corrected chi connectivity index (χ4v) is 1.56. The number of benzene rings is 2. The number of nitrogens with two attached hydrogens (primary N) is 1. The maximum absolute atomic E-state index is 12.0. The van der Waals surface area contributed by atoms with E-state index in [9.17, 15) is 4.79 Å². The SMILES string of the molecule is Nc1cccc(C(=O)Nc2ccccc2NO)c1. The van der Waals surface area contributed by atoms with Gasteiger partial charge in [-0.2, -0.15) is 0 Å². The number of rotatable bonds is 3. The molecule has 0 aliphatic rings. The average molecular weight is 243 g/mol. The summed E-state index contributed by atoms with van der Waals surface area (Å²) in [5.74, 6) is -0.287. The highest BCUT2D eigenvalue weighted by atomic mass is 16.5. The Labute approximate surface area is 104 Å². The minimum atomic E-state index is -0.287. The summed E-state index contributed by atoms with van der Waals surface area (Å²) < 4.78 is 0. The van der Waals surface area contributed by atoms with Crippen LogP contribution in [0.25, 0.3) is 0 Å². The van der Waals surface area contributed by atoms with Crippen LogP contribution in [-0.2, 0) is 0 Å². The molecule has 5 nitrogen and oxygen atoms in total. The van der Waals surface area contributed by atoms with Crippen molar-refractivity contribution in [3.63, 3.8) is 0 Å². The van der Waals surface area contributed by atoms with Crippen molar-refractivity contribution in [1.29, 1.82) is 0 Å². The molecule has 0 unspecified atom stereocenters. The van der Waals surface area contributed by atoms with Crippen LogP contribution in [0.5, 0.6) is 0 Å². The highest BCUT2D eigenvalue weighted by molar-refractivity contribution is 6.06. The van der Waals surface area contributed by atoms with Gasteiger partial charge in [0, 0.05) is 11.3 Å². The molecule has 1 amide bonds. The van der Waals surface area contributed by atoms with Crippen LogP contribution in [-0.4, -0.2) is 11.1 Å². The van der Waals surface area contributed by atoms with Crippen molar-refractivity contribution in [3.8, 4) is 0 Å². The third-order valence-corrected chi connectivity index (χ3v) is 2.44. The quantitative estimate of drug-likeness (QED) is 0.492. The van der Waals surface area contributed by atoms with E-state index in [-0.39, 0.29) is 5.91 Å². The molecule has 0 fully saturated rings. The zero-order valence-electron chi connectivity index (χ0n) is 9.55. The van der Waals surface area contributed by atoms with Crippen LogP contribution in [0.2, 0.25) is 0 Å². The molecule has 0 spiro atoms. The molecule has 0 atom stereocenters. The molecular weight excluding hydrogens is 230 g/mol. The number of nitrogen functional groups attached to an aromatic ring is 1. The molecule has 5 heteroatoms. The van der Waals surface area contributed by atoms with Gasteiger partial charge < -0.3 is 11.1 Å². The summed E-state index contributed by atoms with van der Waals surface area (Å²) in [4.78, 5) is 12.0. The van der Waals surface area contributed by atoms with Gasteiger partial charge in [-0.25, -0.2) is 0 Å². The molecule has 92 valence electrons. The summed E-state index contributed by atoms with van der Waals surface area (Å²) in [6.07, 6.45) is 0. The van der Waals surface area contributed by atoms with E-state index >= 15 is 0 Å². The van der Waals surface area contributed by atoms with Crippen molar-refractivity contribution < 1.29 is 10.0 Å². The van der Waals surface area contributed by atoms with Gasteiger partial charge in [0.2, 0.25) is 0 Å². The van der Waals surface area contributed by atoms with Crippen molar-refractivity contribution in [3.05, 3.63) is 54.1 Å². The molecular formula is C13H13N3O2. The number of amides is 1. The predicted molar refractivity (Wildman–Crippen MR) is 70.7 cm³/mol. The van der Waals surface area contributed by atoms with Crippen LogP contribution in [0.3, 0.4) is 0 Å². The lowest BCUT2D eigenvalue weighted by atomic mass is 10.2. The summed E-state index contributed by atoms with van der Waals surface area (Å²) in [7, 11) is 0. The van der Waals surface area contributed by atoms with E-state index in [1.807, 2.05) is 5.48 Å². The Morgan fingerprint density at radius 3 is 2.44 bits per heavy atom. The number of para-hydroxylation sites is 2. The molecule has 0 aliphatic heterocycles. The standard InChI is InChI=1S/C13H13N3O2/c14-10-5-3-4-9(8-10)13(17)15-11-6-1-2-7-12(11)16-18/h1-8,16,18H,14H2,(H,15,17). The maximum Gasteiger partial charge on any atom is 0.255 e. The number of hydrogen-bond acceptors (Lipinski definition) is 4. The number of carbonyl (C=O) groups excluding carboxylic acids is 1. The van der Waals surface area contributed by atoms with Crippen molar-refractivity contribution in [2.45, 2.75) is 0 Å². The molecule has 0 saturated heterocycles. The van der Waals surface area contributed by atoms with Gasteiger partial charge in [0.15, 0.2) is 0 Å². The van der Waals surface area contributed by atoms with Crippen LogP contribution in [0.4, 0.5) is 17.1 Å². The summed E-state index contributed by atoms with van der Waals surface area (Å²) >= 11 is 0. The van der Waals surface area contributed by atoms with E-state index in [0.29, 0.717) is 22.6 Å². The third kappa shape index (κ3) is 2.58. The summed E-state index contributed by atoms with van der Waals surface area (Å²) in [5, 5.41) is 11.6.